The highest BCUT2D eigenvalue weighted by Gasteiger charge is 2.08. The Bertz CT molecular complexity index is 576. The number of pyridine rings is 1. The normalized spacial score (nSPS) is 10.9. The van der Waals surface area contributed by atoms with Crippen LogP contribution in [0.15, 0.2) is 18.3 Å². The lowest BCUT2D eigenvalue weighted by Gasteiger charge is -2.17. The van der Waals surface area contributed by atoms with Crippen molar-refractivity contribution in [1.82, 2.24) is 4.98 Å². The average Bonchev–Trinajstić information content (AvgIpc) is 2.52. The molecule has 0 aliphatic rings. The minimum absolute atomic E-state index is 0.349. The largest absolute Gasteiger partial charge is 0.424 e. The lowest BCUT2D eigenvalue weighted by molar-refractivity contribution is -0.131. The summed E-state index contributed by atoms with van der Waals surface area (Å²) in [6.07, 6.45) is 12.9. The minimum atomic E-state index is -0.349. The number of esters is 1. The van der Waals surface area contributed by atoms with Gasteiger partial charge < -0.3 is 4.74 Å². The first-order chi connectivity index (χ1) is 11.9. The first-order valence-electron chi connectivity index (χ1n) is 9.51. The van der Waals surface area contributed by atoms with Crippen molar-refractivity contribution >= 4 is 5.97 Å². The van der Waals surface area contributed by atoms with E-state index in [1.165, 1.54) is 51.9 Å². The molecule has 0 bridgehead atoms. The van der Waals surface area contributed by atoms with Crippen molar-refractivity contribution in [3.63, 3.8) is 0 Å². The van der Waals surface area contributed by atoms with Gasteiger partial charge in [0, 0.05) is 19.5 Å². The van der Waals surface area contributed by atoms with Crippen LogP contribution >= 0.6 is 0 Å². The summed E-state index contributed by atoms with van der Waals surface area (Å²) in [4.78, 5) is 15.2. The lowest BCUT2D eigenvalue weighted by atomic mass is 9.89. The fourth-order valence-corrected chi connectivity index (χ4v) is 2.62. The van der Waals surface area contributed by atoms with Gasteiger partial charge in [-0.15, -0.1) is 0 Å². The summed E-state index contributed by atoms with van der Waals surface area (Å²) in [5, 5.41) is 0. The standard InChI is InChI=1S/C22H33NO2/c1-19(24)25-21-16-14-18-23-20(21)15-12-10-8-6-5-7-9-11-13-17-22(2,3)4/h14,16,18H,5-11,13,17H2,1-4H3. The molecule has 1 rings (SSSR count). The zero-order chi connectivity index (χ0) is 18.5. The van der Waals surface area contributed by atoms with E-state index < -0.39 is 0 Å². The molecule has 0 unspecified atom stereocenters. The lowest BCUT2D eigenvalue weighted by Crippen LogP contribution is -2.03. The molecule has 1 aromatic rings. The summed E-state index contributed by atoms with van der Waals surface area (Å²) in [6.45, 7) is 8.32. The summed E-state index contributed by atoms with van der Waals surface area (Å²) < 4.78 is 5.10. The second-order valence-corrected chi connectivity index (χ2v) is 7.78. The molecule has 0 aliphatic heterocycles. The fraction of sp³-hybridized carbons (Fsp3) is 0.636. The second-order valence-electron chi connectivity index (χ2n) is 7.78. The van der Waals surface area contributed by atoms with Crippen LogP contribution in [-0.4, -0.2) is 11.0 Å². The van der Waals surface area contributed by atoms with Gasteiger partial charge in [-0.3, -0.25) is 4.79 Å². The minimum Gasteiger partial charge on any atom is -0.424 e. The van der Waals surface area contributed by atoms with Gasteiger partial charge in [0.2, 0.25) is 0 Å². The van der Waals surface area contributed by atoms with Crippen LogP contribution in [0.1, 0.15) is 91.2 Å². The molecule has 1 aromatic heterocycles. The molecule has 0 N–H and O–H groups in total. The molecule has 0 radical (unpaired) electrons. The molecule has 3 heteroatoms. The number of rotatable bonds is 9. The van der Waals surface area contributed by atoms with Crippen LogP contribution in [-0.2, 0) is 4.79 Å². The summed E-state index contributed by atoms with van der Waals surface area (Å²) >= 11 is 0. The maximum absolute atomic E-state index is 11.1. The molecule has 0 aliphatic carbocycles. The Morgan fingerprint density at radius 3 is 2.36 bits per heavy atom. The average molecular weight is 344 g/mol. The summed E-state index contributed by atoms with van der Waals surface area (Å²) in [5.74, 6) is 6.25. The Labute approximate surface area is 153 Å². The number of hydrogen-bond donors (Lipinski definition) is 0. The number of nitrogens with zero attached hydrogens (tertiary/aromatic N) is 1. The Hall–Kier alpha value is -1.82. The number of carbonyl (C=O) groups excluding carboxylic acids is 1. The van der Waals surface area contributed by atoms with E-state index >= 15 is 0 Å². The van der Waals surface area contributed by atoms with E-state index in [4.69, 9.17) is 4.74 Å². The molecule has 0 amide bonds. The Morgan fingerprint density at radius 1 is 1.08 bits per heavy atom. The van der Waals surface area contributed by atoms with Crippen molar-refractivity contribution in [2.75, 3.05) is 0 Å². The molecule has 3 nitrogen and oxygen atoms in total. The number of ether oxygens (including phenoxy) is 1. The van der Waals surface area contributed by atoms with Crippen molar-refractivity contribution in [3.8, 4) is 17.6 Å². The van der Waals surface area contributed by atoms with Crippen LogP contribution in [0.3, 0.4) is 0 Å². The van der Waals surface area contributed by atoms with Gasteiger partial charge in [0.15, 0.2) is 11.4 Å². The van der Waals surface area contributed by atoms with Gasteiger partial charge in [-0.2, -0.15) is 0 Å². The van der Waals surface area contributed by atoms with E-state index in [9.17, 15) is 4.79 Å². The smallest absolute Gasteiger partial charge is 0.308 e. The van der Waals surface area contributed by atoms with E-state index in [0.717, 1.165) is 12.8 Å². The number of hydrogen-bond acceptors (Lipinski definition) is 3. The van der Waals surface area contributed by atoms with Crippen LogP contribution in [0, 0.1) is 17.3 Å². The number of carbonyl (C=O) groups is 1. The van der Waals surface area contributed by atoms with Crippen LogP contribution in [0.25, 0.3) is 0 Å². The molecule has 0 atom stereocenters. The van der Waals surface area contributed by atoms with Gasteiger partial charge in [0.1, 0.15) is 0 Å². The van der Waals surface area contributed by atoms with E-state index in [1.54, 1.807) is 18.3 Å². The summed E-state index contributed by atoms with van der Waals surface area (Å²) in [7, 11) is 0. The third kappa shape index (κ3) is 11.4. The maximum Gasteiger partial charge on any atom is 0.308 e. The van der Waals surface area contributed by atoms with Crippen molar-refractivity contribution < 1.29 is 9.53 Å². The molecule has 0 saturated carbocycles. The van der Waals surface area contributed by atoms with Crippen molar-refractivity contribution in [2.45, 2.75) is 85.5 Å². The SMILES string of the molecule is CC(=O)Oc1cccnc1C#CCCCCCCCCCC(C)(C)C. The molecule has 0 aromatic carbocycles. The van der Waals surface area contributed by atoms with Gasteiger partial charge in [-0.1, -0.05) is 65.2 Å². The Kier molecular flexibility index (Phi) is 9.92. The molecule has 0 fully saturated rings. The highest BCUT2D eigenvalue weighted by Crippen LogP contribution is 2.22. The molecule has 138 valence electrons. The topological polar surface area (TPSA) is 39.2 Å². The van der Waals surface area contributed by atoms with Gasteiger partial charge in [-0.05, 0) is 36.3 Å². The number of unbranched alkanes of at least 4 members (excludes halogenated alkanes) is 7. The van der Waals surface area contributed by atoms with E-state index in [0.29, 0.717) is 16.9 Å². The van der Waals surface area contributed by atoms with Crippen molar-refractivity contribution in [3.05, 3.63) is 24.0 Å². The van der Waals surface area contributed by atoms with Crippen molar-refractivity contribution in [1.29, 1.82) is 0 Å². The van der Waals surface area contributed by atoms with Crippen LogP contribution in [0.5, 0.6) is 5.75 Å². The third-order valence-electron chi connectivity index (χ3n) is 3.96. The monoisotopic (exact) mass is 343 g/mol. The Balaban J connectivity index is 2.13. The maximum atomic E-state index is 11.1. The van der Waals surface area contributed by atoms with E-state index in [1.807, 2.05) is 0 Å². The quantitative estimate of drug-likeness (QED) is 0.317. The molecule has 0 saturated heterocycles. The third-order valence-corrected chi connectivity index (χ3v) is 3.96. The Morgan fingerprint density at radius 2 is 1.72 bits per heavy atom. The highest BCUT2D eigenvalue weighted by atomic mass is 16.5. The molecular formula is C22H33NO2. The summed E-state index contributed by atoms with van der Waals surface area (Å²) in [6, 6.07) is 3.46. The second kappa shape index (κ2) is 11.7. The van der Waals surface area contributed by atoms with E-state index in [-0.39, 0.29) is 5.97 Å². The summed E-state index contributed by atoms with van der Waals surface area (Å²) in [5.41, 5.74) is 1.01. The molecule has 25 heavy (non-hydrogen) atoms. The van der Waals surface area contributed by atoms with Crippen LogP contribution in [0.4, 0.5) is 0 Å². The van der Waals surface area contributed by atoms with E-state index in [2.05, 4.69) is 37.6 Å². The highest BCUT2D eigenvalue weighted by molar-refractivity contribution is 5.70. The van der Waals surface area contributed by atoms with Gasteiger partial charge >= 0.3 is 5.97 Å². The van der Waals surface area contributed by atoms with Crippen LogP contribution in [0.2, 0.25) is 0 Å². The van der Waals surface area contributed by atoms with Gasteiger partial charge in [0.05, 0.1) is 0 Å². The predicted octanol–water partition coefficient (Wildman–Crippen LogP) is 5.92. The fourth-order valence-electron chi connectivity index (χ4n) is 2.62. The first-order valence-corrected chi connectivity index (χ1v) is 9.51. The van der Waals surface area contributed by atoms with Crippen molar-refractivity contribution in [2.24, 2.45) is 5.41 Å². The van der Waals surface area contributed by atoms with Crippen LogP contribution < -0.4 is 4.74 Å². The zero-order valence-electron chi connectivity index (χ0n) is 16.4. The first kappa shape index (κ1) is 21.2. The molecular weight excluding hydrogens is 310 g/mol. The number of aromatic nitrogens is 1. The predicted molar refractivity (Wildman–Crippen MR) is 103 cm³/mol. The molecule has 0 spiro atoms. The zero-order valence-corrected chi connectivity index (χ0v) is 16.4. The van der Waals surface area contributed by atoms with Gasteiger partial charge in [0.25, 0.3) is 0 Å². The van der Waals surface area contributed by atoms with Gasteiger partial charge in [-0.25, -0.2) is 4.98 Å². The molecule has 1 heterocycles.